The van der Waals surface area contributed by atoms with Gasteiger partial charge in [-0.1, -0.05) is 11.6 Å². The minimum absolute atomic E-state index is 0.0451. The van der Waals surface area contributed by atoms with Crippen LogP contribution in [0.3, 0.4) is 0 Å². The number of nitrogens with zero attached hydrogens (tertiary/aromatic N) is 4. The maximum absolute atomic E-state index is 12.4. The Morgan fingerprint density at radius 3 is 2.90 bits per heavy atom. The molecule has 0 saturated carbocycles. The first-order valence-electron chi connectivity index (χ1n) is 10.8. The van der Waals surface area contributed by atoms with Crippen molar-refractivity contribution in [3.05, 3.63) is 11.9 Å². The SMILES string of the molecule is COCc1cn(CC[C@H]2CC[C@H](NC(=O)CCN3CCCCC3)[C@@H](CO)O2)nn1. The predicted molar refractivity (Wildman–Crippen MR) is 107 cm³/mol. The van der Waals surface area contributed by atoms with Crippen LogP contribution in [-0.4, -0.2) is 82.5 Å². The minimum atomic E-state index is -0.354. The molecule has 29 heavy (non-hydrogen) atoms. The molecule has 9 heteroatoms. The van der Waals surface area contributed by atoms with Gasteiger partial charge in [-0.3, -0.25) is 9.48 Å². The first kappa shape index (κ1) is 22.1. The van der Waals surface area contributed by atoms with Gasteiger partial charge in [0, 0.05) is 26.6 Å². The molecule has 0 aliphatic carbocycles. The van der Waals surface area contributed by atoms with Gasteiger partial charge in [0.2, 0.25) is 5.91 Å². The normalized spacial score (nSPS) is 25.8. The monoisotopic (exact) mass is 409 g/mol. The summed E-state index contributed by atoms with van der Waals surface area (Å²) >= 11 is 0. The third-order valence-electron chi connectivity index (χ3n) is 5.80. The van der Waals surface area contributed by atoms with Crippen LogP contribution in [0, 0.1) is 0 Å². The molecule has 164 valence electrons. The second-order valence-corrected chi connectivity index (χ2v) is 8.08. The van der Waals surface area contributed by atoms with Gasteiger partial charge in [-0.05, 0) is 45.2 Å². The van der Waals surface area contributed by atoms with Gasteiger partial charge in [0.15, 0.2) is 0 Å². The number of hydrogen-bond acceptors (Lipinski definition) is 7. The lowest BCUT2D eigenvalue weighted by molar-refractivity contribution is -0.129. The van der Waals surface area contributed by atoms with Crippen molar-refractivity contribution >= 4 is 5.91 Å². The van der Waals surface area contributed by atoms with E-state index in [4.69, 9.17) is 9.47 Å². The summed E-state index contributed by atoms with van der Waals surface area (Å²) in [5.74, 6) is 0.0503. The van der Waals surface area contributed by atoms with Crippen LogP contribution < -0.4 is 5.32 Å². The summed E-state index contributed by atoms with van der Waals surface area (Å²) in [7, 11) is 1.63. The Morgan fingerprint density at radius 2 is 2.14 bits per heavy atom. The van der Waals surface area contributed by atoms with E-state index in [1.165, 1.54) is 19.3 Å². The fourth-order valence-corrected chi connectivity index (χ4v) is 4.17. The van der Waals surface area contributed by atoms with E-state index < -0.39 is 0 Å². The highest BCUT2D eigenvalue weighted by atomic mass is 16.5. The molecule has 9 nitrogen and oxygen atoms in total. The lowest BCUT2D eigenvalue weighted by Gasteiger charge is -2.36. The van der Waals surface area contributed by atoms with Gasteiger partial charge in [0.25, 0.3) is 0 Å². The van der Waals surface area contributed by atoms with Crippen LogP contribution in [0.15, 0.2) is 6.20 Å². The summed E-state index contributed by atoms with van der Waals surface area (Å²) in [4.78, 5) is 14.7. The average molecular weight is 410 g/mol. The van der Waals surface area contributed by atoms with Crippen LogP contribution >= 0.6 is 0 Å². The smallest absolute Gasteiger partial charge is 0.221 e. The van der Waals surface area contributed by atoms with E-state index in [0.29, 0.717) is 19.6 Å². The van der Waals surface area contributed by atoms with Crippen LogP contribution in [0.5, 0.6) is 0 Å². The molecule has 0 radical (unpaired) electrons. The number of aryl methyl sites for hydroxylation is 1. The van der Waals surface area contributed by atoms with E-state index in [0.717, 1.165) is 44.6 Å². The molecule has 0 aromatic carbocycles. The molecule has 3 heterocycles. The summed E-state index contributed by atoms with van der Waals surface area (Å²) in [5, 5.41) is 21.0. The molecule has 1 aromatic rings. The van der Waals surface area contributed by atoms with Gasteiger partial charge in [0.05, 0.1) is 31.6 Å². The van der Waals surface area contributed by atoms with Gasteiger partial charge in [0.1, 0.15) is 11.8 Å². The maximum atomic E-state index is 12.4. The van der Waals surface area contributed by atoms with E-state index in [2.05, 4.69) is 20.5 Å². The number of piperidine rings is 1. The molecule has 0 spiro atoms. The highest BCUT2D eigenvalue weighted by molar-refractivity contribution is 5.76. The van der Waals surface area contributed by atoms with Crippen LogP contribution in [0.25, 0.3) is 0 Å². The Labute approximate surface area is 172 Å². The predicted octanol–water partition coefficient (Wildman–Crippen LogP) is 0.715. The Bertz CT molecular complexity index is 620. The fourth-order valence-electron chi connectivity index (χ4n) is 4.17. The lowest BCUT2D eigenvalue weighted by Crippen LogP contribution is -2.51. The summed E-state index contributed by atoms with van der Waals surface area (Å²) in [6.07, 6.45) is 8.30. The van der Waals surface area contributed by atoms with Crippen molar-refractivity contribution in [1.82, 2.24) is 25.2 Å². The number of aromatic nitrogens is 3. The molecule has 0 bridgehead atoms. The molecule has 1 aromatic heterocycles. The van der Waals surface area contributed by atoms with Crippen molar-refractivity contribution in [3.8, 4) is 0 Å². The van der Waals surface area contributed by atoms with Crippen molar-refractivity contribution in [2.75, 3.05) is 33.4 Å². The first-order valence-corrected chi connectivity index (χ1v) is 10.8. The number of carbonyl (C=O) groups is 1. The lowest BCUT2D eigenvalue weighted by atomic mass is 9.97. The number of hydrogen-bond donors (Lipinski definition) is 2. The highest BCUT2D eigenvalue weighted by Gasteiger charge is 2.31. The van der Waals surface area contributed by atoms with Crippen molar-refractivity contribution in [3.63, 3.8) is 0 Å². The van der Waals surface area contributed by atoms with Crippen LogP contribution in [0.4, 0.5) is 0 Å². The summed E-state index contributed by atoms with van der Waals surface area (Å²) in [6.45, 7) is 4.07. The van der Waals surface area contributed by atoms with E-state index in [-0.39, 0.29) is 30.8 Å². The number of methoxy groups -OCH3 is 1. The zero-order chi connectivity index (χ0) is 20.5. The van der Waals surface area contributed by atoms with Gasteiger partial charge < -0.3 is 24.8 Å². The second kappa shape index (κ2) is 11.6. The quantitative estimate of drug-likeness (QED) is 0.587. The van der Waals surface area contributed by atoms with E-state index >= 15 is 0 Å². The highest BCUT2D eigenvalue weighted by Crippen LogP contribution is 2.22. The van der Waals surface area contributed by atoms with Crippen molar-refractivity contribution in [1.29, 1.82) is 0 Å². The molecule has 2 saturated heterocycles. The van der Waals surface area contributed by atoms with Crippen molar-refractivity contribution in [2.45, 2.75) is 76.3 Å². The topological polar surface area (TPSA) is 102 Å². The number of aliphatic hydroxyl groups excluding tert-OH is 1. The second-order valence-electron chi connectivity index (χ2n) is 8.08. The van der Waals surface area contributed by atoms with E-state index in [9.17, 15) is 9.90 Å². The van der Waals surface area contributed by atoms with Crippen molar-refractivity contribution < 1.29 is 19.4 Å². The van der Waals surface area contributed by atoms with Gasteiger partial charge >= 0.3 is 0 Å². The Hall–Kier alpha value is -1.55. The van der Waals surface area contributed by atoms with Crippen LogP contribution in [0.1, 0.15) is 50.6 Å². The minimum Gasteiger partial charge on any atom is -0.394 e. The maximum Gasteiger partial charge on any atom is 0.221 e. The molecule has 1 amide bonds. The number of ether oxygens (including phenoxy) is 2. The Kier molecular flexibility index (Phi) is 8.85. The van der Waals surface area contributed by atoms with Gasteiger partial charge in [-0.25, -0.2) is 0 Å². The number of aliphatic hydroxyl groups is 1. The molecule has 2 N–H and O–H groups in total. The molecule has 0 unspecified atom stereocenters. The zero-order valence-corrected chi connectivity index (χ0v) is 17.5. The molecular weight excluding hydrogens is 374 g/mol. The van der Waals surface area contributed by atoms with Crippen LogP contribution in [-0.2, 0) is 27.4 Å². The molecule has 2 aliphatic heterocycles. The largest absolute Gasteiger partial charge is 0.394 e. The van der Waals surface area contributed by atoms with Gasteiger partial charge in [-0.2, -0.15) is 0 Å². The third-order valence-corrected chi connectivity index (χ3v) is 5.80. The fraction of sp³-hybridized carbons (Fsp3) is 0.850. The van der Waals surface area contributed by atoms with E-state index in [1.54, 1.807) is 11.8 Å². The average Bonchev–Trinajstić information content (AvgIpc) is 3.20. The molecule has 2 fully saturated rings. The summed E-state index contributed by atoms with van der Waals surface area (Å²) < 4.78 is 12.9. The standard InChI is InChI=1S/C20H35N5O4/c1-28-15-16-13-25(23-22-16)12-7-17-5-6-18(19(14-26)29-17)21-20(27)8-11-24-9-3-2-4-10-24/h13,17-19,26H,2-12,14-15H2,1H3,(H,21,27)/t17-,18+,19-/m1/s1. The van der Waals surface area contributed by atoms with Crippen LogP contribution in [0.2, 0.25) is 0 Å². The van der Waals surface area contributed by atoms with Gasteiger partial charge in [-0.15, -0.1) is 5.10 Å². The number of likely N-dealkylation sites (tertiary alicyclic amines) is 1. The number of nitrogens with one attached hydrogen (secondary N) is 1. The summed E-state index contributed by atoms with van der Waals surface area (Å²) in [5.41, 5.74) is 0.803. The Balaban J connectivity index is 1.38. The molecular formula is C20H35N5O4. The van der Waals surface area contributed by atoms with Crippen molar-refractivity contribution in [2.24, 2.45) is 0 Å². The van der Waals surface area contributed by atoms with E-state index in [1.807, 2.05) is 6.20 Å². The molecule has 2 aliphatic rings. The molecule has 3 rings (SSSR count). The third kappa shape index (κ3) is 7.02. The zero-order valence-electron chi connectivity index (χ0n) is 17.5. The first-order chi connectivity index (χ1) is 14.2. The molecule has 3 atom stereocenters. The number of amides is 1. The number of rotatable bonds is 10. The Morgan fingerprint density at radius 1 is 1.31 bits per heavy atom. The number of carbonyl (C=O) groups excluding carboxylic acids is 1. The summed E-state index contributed by atoms with van der Waals surface area (Å²) in [6, 6.07) is -0.121.